The topological polar surface area (TPSA) is 63.8 Å². The van der Waals surface area contributed by atoms with E-state index in [-0.39, 0.29) is 12.4 Å². The van der Waals surface area contributed by atoms with Crippen LogP contribution in [0, 0.1) is 3.57 Å². The lowest BCUT2D eigenvalue weighted by Crippen LogP contribution is -2.16. The minimum atomic E-state index is -0.468. The maximum Gasteiger partial charge on any atom is 0.307 e. The highest BCUT2D eigenvalue weighted by atomic mass is 127. The largest absolute Gasteiger partial charge is 0.486 e. The monoisotopic (exact) mass is 754 g/mol. The Labute approximate surface area is 240 Å². The van der Waals surface area contributed by atoms with E-state index in [0.29, 0.717) is 36.4 Å². The summed E-state index contributed by atoms with van der Waals surface area (Å²) in [6.07, 6.45) is 1.47. The fourth-order valence-electron chi connectivity index (χ4n) is 2.99. The highest BCUT2D eigenvalue weighted by Gasteiger charge is 2.15. The molecule has 0 bridgehead atoms. The van der Waals surface area contributed by atoms with Crippen molar-refractivity contribution in [2.24, 2.45) is 5.10 Å². The van der Waals surface area contributed by atoms with Crippen molar-refractivity contribution in [3.8, 4) is 5.75 Å². The number of amides is 1. The molecule has 4 rings (SSSR count). The van der Waals surface area contributed by atoms with Gasteiger partial charge < -0.3 is 9.15 Å². The quantitative estimate of drug-likeness (QED) is 0.122. The van der Waals surface area contributed by atoms with Crippen molar-refractivity contribution >= 4 is 112 Å². The zero-order valence-corrected chi connectivity index (χ0v) is 24.4. The fraction of sp³-hybridized carbons (Fsp3) is 0.0435. The molecule has 1 N–H and O–H groups in total. The number of fused-ring (bicyclic) bond motifs is 1. The van der Waals surface area contributed by atoms with Crippen LogP contribution in [-0.2, 0) is 6.61 Å². The maximum absolute atomic E-state index is 12.5. The molecule has 0 aliphatic rings. The molecule has 0 atom stereocenters. The predicted octanol–water partition coefficient (Wildman–Crippen LogP) is 8.87. The van der Waals surface area contributed by atoms with Crippen LogP contribution in [-0.4, -0.2) is 12.1 Å². The Bertz CT molecular complexity index is 1420. The van der Waals surface area contributed by atoms with Crippen LogP contribution in [0.2, 0.25) is 15.1 Å². The zero-order valence-electron chi connectivity index (χ0n) is 16.8. The second-order valence-corrected chi connectivity index (χ2v) is 11.1. The predicted molar refractivity (Wildman–Crippen MR) is 152 cm³/mol. The summed E-state index contributed by atoms with van der Waals surface area (Å²) < 4.78 is 13.9. The highest BCUT2D eigenvalue weighted by Crippen LogP contribution is 2.35. The minimum absolute atomic E-state index is 0.159. The molecule has 0 fully saturated rings. The first kappa shape index (κ1) is 25.8. The number of furan rings is 1. The number of ether oxygens (including phenoxy) is 1. The van der Waals surface area contributed by atoms with Gasteiger partial charge in [0.05, 0.1) is 19.3 Å². The van der Waals surface area contributed by atoms with E-state index in [1.54, 1.807) is 36.4 Å². The highest BCUT2D eigenvalue weighted by molar-refractivity contribution is 14.1. The number of hydrogen-bond acceptors (Lipinski definition) is 4. The molecule has 34 heavy (non-hydrogen) atoms. The molecule has 0 aliphatic carbocycles. The number of hydrogen-bond donors (Lipinski definition) is 1. The summed E-state index contributed by atoms with van der Waals surface area (Å²) in [4.78, 5) is 12.5. The van der Waals surface area contributed by atoms with E-state index in [4.69, 9.17) is 44.0 Å². The molecule has 0 saturated carbocycles. The Morgan fingerprint density at radius 1 is 1.09 bits per heavy atom. The van der Waals surface area contributed by atoms with Gasteiger partial charge in [-0.05, 0) is 86.5 Å². The van der Waals surface area contributed by atoms with Gasteiger partial charge in [0.2, 0.25) is 0 Å². The summed E-state index contributed by atoms with van der Waals surface area (Å²) in [5, 5.41) is 6.25. The SMILES string of the molecule is O=C(N/N=C\c1cc(Cl)c(OCc2ccc(Cl)cc2Cl)c(Br)c1)c1cc2cc(Br)cc(I)c2o1. The normalized spacial score (nSPS) is 11.4. The third kappa shape index (κ3) is 6.09. The minimum Gasteiger partial charge on any atom is -0.486 e. The van der Waals surface area contributed by atoms with E-state index in [9.17, 15) is 4.79 Å². The van der Waals surface area contributed by atoms with E-state index >= 15 is 0 Å². The van der Waals surface area contributed by atoms with Gasteiger partial charge in [-0.25, -0.2) is 5.43 Å². The van der Waals surface area contributed by atoms with Crippen molar-refractivity contribution in [1.82, 2.24) is 5.43 Å². The molecule has 0 radical (unpaired) electrons. The summed E-state index contributed by atoms with van der Waals surface area (Å²) >= 11 is 27.6. The van der Waals surface area contributed by atoms with Crippen molar-refractivity contribution in [3.63, 3.8) is 0 Å². The number of benzene rings is 3. The lowest BCUT2D eigenvalue weighted by molar-refractivity contribution is 0.0929. The van der Waals surface area contributed by atoms with Gasteiger partial charge in [-0.1, -0.05) is 56.8 Å². The fourth-order valence-corrected chi connectivity index (χ4v) is 6.10. The molecule has 0 spiro atoms. The number of nitrogens with zero attached hydrogens (tertiary/aromatic N) is 1. The van der Waals surface area contributed by atoms with Crippen molar-refractivity contribution < 1.29 is 13.9 Å². The Morgan fingerprint density at radius 3 is 2.62 bits per heavy atom. The van der Waals surface area contributed by atoms with Crippen molar-refractivity contribution in [2.75, 3.05) is 0 Å². The van der Waals surface area contributed by atoms with Gasteiger partial charge in [-0.15, -0.1) is 0 Å². The molecular formula is C23H12Br2Cl3IN2O3. The number of rotatable bonds is 6. The van der Waals surface area contributed by atoms with Crippen molar-refractivity contribution in [2.45, 2.75) is 6.61 Å². The standard InChI is InChI=1S/C23H12Br2Cl3IN2O3/c24-14-5-13-6-20(34-21(13)19(29)7-14)23(32)31-30-9-11-3-16(25)22(18(28)4-11)33-10-12-1-2-15(26)8-17(12)27/h1-9H,10H2,(H,31,32)/b30-9-. The van der Waals surface area contributed by atoms with Crippen LogP contribution < -0.4 is 10.2 Å². The smallest absolute Gasteiger partial charge is 0.307 e. The van der Waals surface area contributed by atoms with Gasteiger partial charge in [0, 0.05) is 25.5 Å². The third-order valence-corrected chi connectivity index (χ3v) is 7.26. The van der Waals surface area contributed by atoms with E-state index in [1.807, 2.05) is 12.1 Å². The van der Waals surface area contributed by atoms with Crippen LogP contribution in [0.4, 0.5) is 0 Å². The number of nitrogens with one attached hydrogen (secondary N) is 1. The summed E-state index contributed by atoms with van der Waals surface area (Å²) in [6.45, 7) is 0.213. The Hall–Kier alpha value is -1.30. The summed E-state index contributed by atoms with van der Waals surface area (Å²) in [7, 11) is 0. The van der Waals surface area contributed by atoms with Crippen LogP contribution in [0.5, 0.6) is 5.75 Å². The number of halogens is 6. The molecule has 0 aliphatic heterocycles. The van der Waals surface area contributed by atoms with Gasteiger partial charge in [0.25, 0.3) is 0 Å². The molecule has 5 nitrogen and oxygen atoms in total. The molecular weight excluding hydrogens is 745 g/mol. The molecule has 1 heterocycles. The van der Waals surface area contributed by atoms with Gasteiger partial charge in [-0.3, -0.25) is 4.79 Å². The first-order chi connectivity index (χ1) is 16.2. The molecule has 0 unspecified atom stereocenters. The second-order valence-electron chi connectivity index (χ2n) is 6.95. The van der Waals surface area contributed by atoms with Gasteiger partial charge >= 0.3 is 5.91 Å². The Morgan fingerprint density at radius 2 is 1.88 bits per heavy atom. The molecule has 174 valence electrons. The van der Waals surface area contributed by atoms with Gasteiger partial charge in [0.1, 0.15) is 12.2 Å². The molecule has 0 saturated heterocycles. The lowest BCUT2D eigenvalue weighted by atomic mass is 10.2. The van der Waals surface area contributed by atoms with Gasteiger partial charge in [0.15, 0.2) is 11.5 Å². The Kier molecular flexibility index (Phi) is 8.48. The van der Waals surface area contributed by atoms with Crippen molar-refractivity contribution in [3.05, 3.63) is 93.0 Å². The number of carbonyl (C=O) groups is 1. The first-order valence-electron chi connectivity index (χ1n) is 9.49. The maximum atomic E-state index is 12.5. The number of hydrazone groups is 1. The van der Waals surface area contributed by atoms with Crippen LogP contribution in [0.3, 0.4) is 0 Å². The van der Waals surface area contributed by atoms with E-state index in [1.165, 1.54) is 6.21 Å². The molecule has 11 heteroatoms. The van der Waals surface area contributed by atoms with Crippen LogP contribution >= 0.6 is 89.3 Å². The van der Waals surface area contributed by atoms with Crippen LogP contribution in [0.15, 0.2) is 67.0 Å². The van der Waals surface area contributed by atoms with E-state index < -0.39 is 5.91 Å². The van der Waals surface area contributed by atoms with Crippen LogP contribution in [0.1, 0.15) is 21.7 Å². The zero-order chi connectivity index (χ0) is 24.4. The molecule has 1 aromatic heterocycles. The third-order valence-electron chi connectivity index (χ3n) is 4.55. The molecule has 4 aromatic rings. The lowest BCUT2D eigenvalue weighted by Gasteiger charge is -2.12. The summed E-state index contributed by atoms with van der Waals surface area (Å²) in [5.41, 5.74) is 4.53. The average Bonchev–Trinajstić information content (AvgIpc) is 3.19. The van der Waals surface area contributed by atoms with Crippen molar-refractivity contribution in [1.29, 1.82) is 0 Å². The van der Waals surface area contributed by atoms with Crippen LogP contribution in [0.25, 0.3) is 11.0 Å². The van der Waals surface area contributed by atoms with E-state index in [0.717, 1.165) is 19.0 Å². The van der Waals surface area contributed by atoms with Gasteiger partial charge in [-0.2, -0.15) is 5.10 Å². The summed E-state index contributed by atoms with van der Waals surface area (Å²) in [6, 6.07) is 14.1. The van der Waals surface area contributed by atoms with E-state index in [2.05, 4.69) is 65.0 Å². The first-order valence-corrected chi connectivity index (χ1v) is 13.3. The summed E-state index contributed by atoms with van der Waals surface area (Å²) in [5.74, 6) is 0.147. The average molecular weight is 757 g/mol. The Balaban J connectivity index is 1.43. The second kappa shape index (κ2) is 11.2. The number of carbonyl (C=O) groups excluding carboxylic acids is 1. The molecule has 1 amide bonds. The molecule has 3 aromatic carbocycles.